The second-order valence-corrected chi connectivity index (χ2v) is 6.79. The van der Waals surface area contributed by atoms with Crippen molar-refractivity contribution in [1.29, 1.82) is 0 Å². The summed E-state index contributed by atoms with van der Waals surface area (Å²) in [5.74, 6) is 1.98. The molecule has 1 saturated carbocycles. The van der Waals surface area contributed by atoms with E-state index in [0.717, 1.165) is 24.8 Å². The van der Waals surface area contributed by atoms with Gasteiger partial charge in [0.15, 0.2) is 0 Å². The van der Waals surface area contributed by atoms with Crippen LogP contribution in [0.2, 0.25) is 0 Å². The Morgan fingerprint density at radius 1 is 1.45 bits per heavy atom. The molecule has 20 heavy (non-hydrogen) atoms. The maximum absolute atomic E-state index is 4.48. The van der Waals surface area contributed by atoms with E-state index in [2.05, 4.69) is 45.5 Å². The predicted molar refractivity (Wildman–Crippen MR) is 85.0 cm³/mol. The maximum Gasteiger partial charge on any atom is 0.150 e. The molecular weight excluding hydrogens is 266 g/mol. The molecule has 0 aromatic carbocycles. The summed E-state index contributed by atoms with van der Waals surface area (Å²) < 4.78 is 2.26. The van der Waals surface area contributed by atoms with Crippen molar-refractivity contribution in [2.75, 3.05) is 6.54 Å². The number of nitrogens with one attached hydrogen (secondary N) is 1. The zero-order chi connectivity index (χ0) is 13.8. The number of hydrogen-bond acceptors (Lipinski definition) is 3. The van der Waals surface area contributed by atoms with Gasteiger partial charge in [-0.2, -0.15) is 0 Å². The molecule has 4 heteroatoms. The van der Waals surface area contributed by atoms with Crippen LogP contribution in [0.1, 0.15) is 32.6 Å². The van der Waals surface area contributed by atoms with E-state index in [-0.39, 0.29) is 0 Å². The first-order valence-corrected chi connectivity index (χ1v) is 8.49. The Balaban J connectivity index is 1.53. The van der Waals surface area contributed by atoms with Crippen LogP contribution in [0.15, 0.2) is 29.9 Å². The first-order chi connectivity index (χ1) is 9.83. The summed E-state index contributed by atoms with van der Waals surface area (Å²) >= 11 is 1.75. The number of aromatic nitrogens is 2. The Morgan fingerprint density at radius 2 is 2.40 bits per heavy atom. The van der Waals surface area contributed by atoms with Crippen LogP contribution in [0.3, 0.4) is 0 Å². The summed E-state index contributed by atoms with van der Waals surface area (Å²) in [6, 6.07) is 4.94. The molecule has 1 fully saturated rings. The zero-order valence-corrected chi connectivity index (χ0v) is 12.9. The van der Waals surface area contributed by atoms with Crippen molar-refractivity contribution in [3.05, 3.63) is 29.9 Å². The summed E-state index contributed by atoms with van der Waals surface area (Å²) in [5.41, 5.74) is 0. The number of thiophene rings is 1. The molecule has 0 bridgehead atoms. The molecule has 2 aromatic heterocycles. The molecule has 0 amide bonds. The number of hydrogen-bond donors (Lipinski definition) is 1. The Labute approximate surface area is 125 Å². The fourth-order valence-electron chi connectivity index (χ4n) is 3.13. The molecule has 0 radical (unpaired) electrons. The van der Waals surface area contributed by atoms with Gasteiger partial charge in [-0.05, 0) is 30.2 Å². The van der Waals surface area contributed by atoms with Gasteiger partial charge in [0, 0.05) is 31.5 Å². The predicted octanol–water partition coefficient (Wildman–Crippen LogP) is 3.78. The molecule has 2 unspecified atom stereocenters. The number of rotatable bonds is 5. The van der Waals surface area contributed by atoms with Crippen LogP contribution >= 0.6 is 11.3 Å². The first kappa shape index (κ1) is 13.8. The van der Waals surface area contributed by atoms with Gasteiger partial charge in [-0.3, -0.25) is 0 Å². The van der Waals surface area contributed by atoms with Crippen molar-refractivity contribution in [3.8, 4) is 10.7 Å². The van der Waals surface area contributed by atoms with Crippen molar-refractivity contribution >= 4 is 11.3 Å². The molecule has 2 atom stereocenters. The smallest absolute Gasteiger partial charge is 0.150 e. The minimum absolute atomic E-state index is 0.715. The molecule has 2 heterocycles. The molecule has 1 aliphatic carbocycles. The third-order valence-electron chi connectivity index (χ3n) is 4.18. The lowest BCUT2D eigenvalue weighted by Crippen LogP contribution is -2.35. The van der Waals surface area contributed by atoms with Gasteiger partial charge < -0.3 is 9.88 Å². The van der Waals surface area contributed by atoms with Gasteiger partial charge >= 0.3 is 0 Å². The van der Waals surface area contributed by atoms with E-state index >= 15 is 0 Å². The van der Waals surface area contributed by atoms with Gasteiger partial charge in [-0.15, -0.1) is 11.3 Å². The highest BCUT2D eigenvalue weighted by atomic mass is 32.1. The normalized spacial score (nSPS) is 23.1. The Morgan fingerprint density at radius 3 is 3.20 bits per heavy atom. The van der Waals surface area contributed by atoms with E-state index in [1.807, 2.05) is 6.20 Å². The van der Waals surface area contributed by atoms with Crippen LogP contribution in [-0.2, 0) is 6.54 Å². The van der Waals surface area contributed by atoms with Crippen LogP contribution in [0, 0.1) is 5.92 Å². The summed E-state index contributed by atoms with van der Waals surface area (Å²) in [6.07, 6.45) is 9.44. The van der Waals surface area contributed by atoms with Gasteiger partial charge in [0.2, 0.25) is 0 Å². The fourth-order valence-corrected chi connectivity index (χ4v) is 3.87. The van der Waals surface area contributed by atoms with Crippen LogP contribution in [0.4, 0.5) is 0 Å². The van der Waals surface area contributed by atoms with E-state index in [9.17, 15) is 0 Å². The number of imidazole rings is 1. The summed E-state index contributed by atoms with van der Waals surface area (Å²) in [6.45, 7) is 4.41. The van der Waals surface area contributed by atoms with Gasteiger partial charge in [-0.1, -0.05) is 25.8 Å². The molecule has 0 spiro atoms. The van der Waals surface area contributed by atoms with Crippen molar-refractivity contribution < 1.29 is 0 Å². The van der Waals surface area contributed by atoms with Crippen LogP contribution in [0.25, 0.3) is 10.7 Å². The lowest BCUT2D eigenvalue weighted by molar-refractivity contribution is 0.299. The molecule has 1 aliphatic rings. The Hall–Kier alpha value is -1.13. The van der Waals surface area contributed by atoms with Gasteiger partial charge in [0.1, 0.15) is 5.82 Å². The largest absolute Gasteiger partial charge is 0.329 e. The average Bonchev–Trinajstić information content (AvgIpc) is 3.09. The third kappa shape index (κ3) is 3.30. The first-order valence-electron chi connectivity index (χ1n) is 7.61. The highest BCUT2D eigenvalue weighted by molar-refractivity contribution is 7.13. The van der Waals surface area contributed by atoms with Crippen molar-refractivity contribution in [2.45, 2.75) is 45.2 Å². The van der Waals surface area contributed by atoms with E-state index in [1.165, 1.54) is 30.6 Å². The molecular formula is C16H23N3S. The highest BCUT2D eigenvalue weighted by Crippen LogP contribution is 2.24. The minimum Gasteiger partial charge on any atom is -0.329 e. The molecule has 0 saturated heterocycles. The van der Waals surface area contributed by atoms with Crippen LogP contribution in [0.5, 0.6) is 0 Å². The molecule has 3 rings (SSSR count). The monoisotopic (exact) mass is 289 g/mol. The standard InChI is InChI=1S/C16H23N3S/c1-13-4-2-5-14(12-13)17-7-9-19-10-8-18-16(19)15-6-3-11-20-15/h3,6,8,10-11,13-14,17H,2,4-5,7,9,12H2,1H3. The second kappa shape index (κ2) is 6.55. The van der Waals surface area contributed by atoms with Crippen molar-refractivity contribution in [2.24, 2.45) is 5.92 Å². The van der Waals surface area contributed by atoms with Gasteiger partial charge in [-0.25, -0.2) is 4.98 Å². The average molecular weight is 289 g/mol. The summed E-state index contributed by atoms with van der Waals surface area (Å²) in [4.78, 5) is 5.73. The molecule has 108 valence electrons. The Kier molecular flexibility index (Phi) is 4.53. The maximum atomic E-state index is 4.48. The molecule has 3 nitrogen and oxygen atoms in total. The topological polar surface area (TPSA) is 29.9 Å². The van der Waals surface area contributed by atoms with Crippen LogP contribution < -0.4 is 5.32 Å². The molecule has 1 N–H and O–H groups in total. The third-order valence-corrected chi connectivity index (χ3v) is 5.04. The van der Waals surface area contributed by atoms with E-state index in [0.29, 0.717) is 6.04 Å². The molecule has 0 aliphatic heterocycles. The lowest BCUT2D eigenvalue weighted by atomic mass is 9.87. The van der Waals surface area contributed by atoms with Crippen molar-refractivity contribution in [1.82, 2.24) is 14.9 Å². The molecule has 2 aromatic rings. The van der Waals surface area contributed by atoms with E-state index < -0.39 is 0 Å². The minimum atomic E-state index is 0.715. The van der Waals surface area contributed by atoms with Crippen molar-refractivity contribution in [3.63, 3.8) is 0 Å². The SMILES string of the molecule is CC1CCCC(NCCn2ccnc2-c2cccs2)C1. The fraction of sp³-hybridized carbons (Fsp3) is 0.562. The lowest BCUT2D eigenvalue weighted by Gasteiger charge is -2.27. The summed E-state index contributed by atoms with van der Waals surface area (Å²) in [5, 5.41) is 5.82. The second-order valence-electron chi connectivity index (χ2n) is 5.84. The van der Waals surface area contributed by atoms with E-state index in [4.69, 9.17) is 0 Å². The van der Waals surface area contributed by atoms with Gasteiger partial charge in [0.05, 0.1) is 4.88 Å². The van der Waals surface area contributed by atoms with Crippen LogP contribution in [-0.4, -0.2) is 22.1 Å². The van der Waals surface area contributed by atoms with Gasteiger partial charge in [0.25, 0.3) is 0 Å². The van der Waals surface area contributed by atoms with E-state index in [1.54, 1.807) is 11.3 Å². The zero-order valence-electron chi connectivity index (χ0n) is 12.1. The summed E-state index contributed by atoms with van der Waals surface area (Å²) in [7, 11) is 0. The number of nitrogens with zero attached hydrogens (tertiary/aromatic N) is 2. The Bertz CT molecular complexity index is 518. The highest BCUT2D eigenvalue weighted by Gasteiger charge is 2.18. The quantitative estimate of drug-likeness (QED) is 0.908.